The van der Waals surface area contributed by atoms with Crippen LogP contribution >= 0.6 is 0 Å². The first-order valence-electron chi connectivity index (χ1n) is 8.39. The Kier molecular flexibility index (Phi) is 7.18. The van der Waals surface area contributed by atoms with Crippen molar-refractivity contribution >= 4 is 0 Å². The van der Waals surface area contributed by atoms with Crippen molar-refractivity contribution in [3.8, 4) is 0 Å². The van der Waals surface area contributed by atoms with Gasteiger partial charge in [-0.15, -0.1) is 0 Å². The molecule has 2 rings (SSSR count). The van der Waals surface area contributed by atoms with Crippen molar-refractivity contribution in [3.05, 3.63) is 0 Å². The number of nitrogens with one attached hydrogen (secondary N) is 1. The Bertz CT molecular complexity index is 221. The van der Waals surface area contributed by atoms with Crippen LogP contribution in [0.4, 0.5) is 0 Å². The topological polar surface area (TPSA) is 24.5 Å². The molecule has 0 aromatic heterocycles. The summed E-state index contributed by atoms with van der Waals surface area (Å²) in [6.45, 7) is 10.4. The first-order valence-corrected chi connectivity index (χ1v) is 8.39. The number of likely N-dealkylation sites (tertiary alicyclic amines) is 1. The van der Waals surface area contributed by atoms with Crippen LogP contribution in [-0.4, -0.2) is 50.8 Å². The highest BCUT2D eigenvalue weighted by Crippen LogP contribution is 2.19. The van der Waals surface area contributed by atoms with Gasteiger partial charge in [0.2, 0.25) is 0 Å². The zero-order valence-corrected chi connectivity index (χ0v) is 12.7. The Labute approximate surface area is 119 Å². The Morgan fingerprint density at radius 1 is 1.11 bits per heavy atom. The molecule has 0 aromatic carbocycles. The minimum atomic E-state index is 0.914. The SMILES string of the molecule is CCC1CCN(CCOCCCC2CCNC2)CC1. The van der Waals surface area contributed by atoms with Crippen LogP contribution in [0.5, 0.6) is 0 Å². The summed E-state index contributed by atoms with van der Waals surface area (Å²) in [4.78, 5) is 2.58. The van der Waals surface area contributed by atoms with E-state index in [-0.39, 0.29) is 0 Å². The lowest BCUT2D eigenvalue weighted by atomic mass is 9.94. The summed E-state index contributed by atoms with van der Waals surface area (Å²) in [5, 5.41) is 3.43. The summed E-state index contributed by atoms with van der Waals surface area (Å²) < 4.78 is 5.79. The summed E-state index contributed by atoms with van der Waals surface area (Å²) in [7, 11) is 0. The first kappa shape index (κ1) is 15.3. The molecule has 2 aliphatic rings. The normalized spacial score (nSPS) is 26.1. The highest BCUT2D eigenvalue weighted by Gasteiger charge is 2.17. The smallest absolute Gasteiger partial charge is 0.0593 e. The van der Waals surface area contributed by atoms with Gasteiger partial charge in [0, 0.05) is 13.2 Å². The second-order valence-electron chi connectivity index (χ2n) is 6.31. The molecule has 0 spiro atoms. The van der Waals surface area contributed by atoms with E-state index in [1.54, 1.807) is 0 Å². The molecular formula is C16H32N2O. The third kappa shape index (κ3) is 5.80. The van der Waals surface area contributed by atoms with Crippen molar-refractivity contribution in [2.75, 3.05) is 45.9 Å². The molecule has 1 N–H and O–H groups in total. The summed E-state index contributed by atoms with van der Waals surface area (Å²) in [5.41, 5.74) is 0. The predicted molar refractivity (Wildman–Crippen MR) is 80.5 cm³/mol. The lowest BCUT2D eigenvalue weighted by Crippen LogP contribution is -2.35. The van der Waals surface area contributed by atoms with Gasteiger partial charge >= 0.3 is 0 Å². The van der Waals surface area contributed by atoms with Gasteiger partial charge in [-0.3, -0.25) is 0 Å². The van der Waals surface area contributed by atoms with E-state index in [2.05, 4.69) is 17.1 Å². The molecule has 2 aliphatic heterocycles. The van der Waals surface area contributed by atoms with E-state index in [0.29, 0.717) is 0 Å². The highest BCUT2D eigenvalue weighted by atomic mass is 16.5. The maximum atomic E-state index is 5.79. The summed E-state index contributed by atoms with van der Waals surface area (Å²) in [5.74, 6) is 1.90. The third-order valence-electron chi connectivity index (χ3n) is 4.90. The molecule has 2 fully saturated rings. The summed E-state index contributed by atoms with van der Waals surface area (Å²) in [6, 6.07) is 0. The molecule has 1 atom stereocenters. The second kappa shape index (κ2) is 8.93. The molecule has 2 saturated heterocycles. The maximum absolute atomic E-state index is 5.79. The number of nitrogens with zero attached hydrogens (tertiary/aromatic N) is 1. The van der Waals surface area contributed by atoms with Crippen LogP contribution in [0.25, 0.3) is 0 Å². The quantitative estimate of drug-likeness (QED) is 0.685. The van der Waals surface area contributed by atoms with Gasteiger partial charge in [-0.1, -0.05) is 13.3 Å². The number of ether oxygens (including phenoxy) is 1. The van der Waals surface area contributed by atoms with E-state index in [1.165, 1.54) is 64.7 Å². The monoisotopic (exact) mass is 268 g/mol. The minimum Gasteiger partial charge on any atom is -0.380 e. The molecule has 19 heavy (non-hydrogen) atoms. The molecule has 0 radical (unpaired) electrons. The van der Waals surface area contributed by atoms with Crippen molar-refractivity contribution < 1.29 is 4.74 Å². The number of hydrogen-bond donors (Lipinski definition) is 1. The molecule has 0 amide bonds. The Balaban J connectivity index is 1.39. The molecule has 0 aromatic rings. The molecule has 0 bridgehead atoms. The van der Waals surface area contributed by atoms with E-state index < -0.39 is 0 Å². The minimum absolute atomic E-state index is 0.914. The Morgan fingerprint density at radius 2 is 1.95 bits per heavy atom. The van der Waals surface area contributed by atoms with E-state index in [0.717, 1.165) is 31.6 Å². The van der Waals surface area contributed by atoms with Crippen LogP contribution in [0.2, 0.25) is 0 Å². The van der Waals surface area contributed by atoms with Gasteiger partial charge < -0.3 is 15.0 Å². The van der Waals surface area contributed by atoms with Crippen molar-refractivity contribution in [2.45, 2.75) is 45.4 Å². The highest BCUT2D eigenvalue weighted by molar-refractivity contribution is 4.72. The zero-order chi connectivity index (χ0) is 13.3. The lowest BCUT2D eigenvalue weighted by Gasteiger charge is -2.31. The van der Waals surface area contributed by atoms with Gasteiger partial charge in [0.25, 0.3) is 0 Å². The number of rotatable bonds is 8. The summed E-state index contributed by atoms with van der Waals surface area (Å²) >= 11 is 0. The molecule has 112 valence electrons. The van der Waals surface area contributed by atoms with Crippen LogP contribution in [0, 0.1) is 11.8 Å². The molecule has 3 nitrogen and oxygen atoms in total. The van der Waals surface area contributed by atoms with Gasteiger partial charge in [-0.2, -0.15) is 0 Å². The van der Waals surface area contributed by atoms with Crippen molar-refractivity contribution in [1.82, 2.24) is 10.2 Å². The number of hydrogen-bond acceptors (Lipinski definition) is 3. The van der Waals surface area contributed by atoms with E-state index in [1.807, 2.05) is 0 Å². The fourth-order valence-electron chi connectivity index (χ4n) is 3.35. The van der Waals surface area contributed by atoms with Gasteiger partial charge in [-0.05, 0) is 70.1 Å². The predicted octanol–water partition coefficient (Wildman–Crippen LogP) is 2.51. The molecule has 0 saturated carbocycles. The molecule has 2 heterocycles. The Morgan fingerprint density at radius 3 is 2.63 bits per heavy atom. The fraction of sp³-hybridized carbons (Fsp3) is 1.00. The van der Waals surface area contributed by atoms with Gasteiger partial charge in [0.05, 0.1) is 6.61 Å². The second-order valence-corrected chi connectivity index (χ2v) is 6.31. The molecule has 1 unspecified atom stereocenters. The summed E-state index contributed by atoms with van der Waals surface area (Å²) in [6.07, 6.45) is 8.10. The van der Waals surface area contributed by atoms with Crippen molar-refractivity contribution in [3.63, 3.8) is 0 Å². The fourth-order valence-corrected chi connectivity index (χ4v) is 3.35. The number of piperidine rings is 1. The lowest BCUT2D eigenvalue weighted by molar-refractivity contribution is 0.0845. The van der Waals surface area contributed by atoms with Crippen LogP contribution in [0.1, 0.15) is 45.4 Å². The average molecular weight is 268 g/mol. The van der Waals surface area contributed by atoms with Crippen molar-refractivity contribution in [2.24, 2.45) is 11.8 Å². The first-order chi connectivity index (χ1) is 9.38. The zero-order valence-electron chi connectivity index (χ0n) is 12.7. The molecule has 3 heteroatoms. The standard InChI is InChI=1S/C16H32N2O/c1-2-15-6-9-18(10-7-15)11-13-19-12-3-4-16-5-8-17-14-16/h15-17H,2-14H2,1H3. The van der Waals surface area contributed by atoms with E-state index in [4.69, 9.17) is 4.74 Å². The Hall–Kier alpha value is -0.120. The van der Waals surface area contributed by atoms with Crippen LogP contribution in [0.3, 0.4) is 0 Å². The van der Waals surface area contributed by atoms with Crippen LogP contribution in [-0.2, 0) is 4.74 Å². The van der Waals surface area contributed by atoms with Crippen LogP contribution in [0.15, 0.2) is 0 Å². The van der Waals surface area contributed by atoms with Crippen molar-refractivity contribution in [1.29, 1.82) is 0 Å². The van der Waals surface area contributed by atoms with Crippen LogP contribution < -0.4 is 5.32 Å². The van der Waals surface area contributed by atoms with Gasteiger partial charge in [0.15, 0.2) is 0 Å². The largest absolute Gasteiger partial charge is 0.380 e. The van der Waals surface area contributed by atoms with E-state index >= 15 is 0 Å². The maximum Gasteiger partial charge on any atom is 0.0593 e. The third-order valence-corrected chi connectivity index (χ3v) is 4.90. The van der Waals surface area contributed by atoms with Gasteiger partial charge in [0.1, 0.15) is 0 Å². The molecule has 0 aliphatic carbocycles. The van der Waals surface area contributed by atoms with E-state index in [9.17, 15) is 0 Å². The molecular weight excluding hydrogens is 236 g/mol. The van der Waals surface area contributed by atoms with Gasteiger partial charge in [-0.25, -0.2) is 0 Å². The average Bonchev–Trinajstić information content (AvgIpc) is 2.96.